The van der Waals surface area contributed by atoms with Crippen LogP contribution in [-0.4, -0.2) is 29.8 Å². The molecule has 0 radical (unpaired) electrons. The fraction of sp³-hybridized carbons (Fsp3) is 0.579. The number of rotatable bonds is 4. The Morgan fingerprint density at radius 3 is 2.52 bits per heavy atom. The van der Waals surface area contributed by atoms with Gasteiger partial charge in [0.2, 0.25) is 0 Å². The number of hydrogen-bond donors (Lipinski definition) is 1. The van der Waals surface area contributed by atoms with Crippen LogP contribution in [0.5, 0.6) is 0 Å². The minimum Gasteiger partial charge on any atom is -0.335 e. The standard InChI is InChI=1S/C19H28N2O2/c1-4-14(2)16-12-8-9-13-17(16)20-18(22)19(23)21(3)15-10-6-5-7-11-15/h8-9,12-15H,4-7,10-11H2,1-3H3,(H,20,22). The molecule has 23 heavy (non-hydrogen) atoms. The van der Waals surface area contributed by atoms with E-state index < -0.39 is 11.8 Å². The van der Waals surface area contributed by atoms with E-state index in [1.807, 2.05) is 24.3 Å². The van der Waals surface area contributed by atoms with Crippen LogP contribution in [0.4, 0.5) is 5.69 Å². The first-order valence-electron chi connectivity index (χ1n) is 8.71. The van der Waals surface area contributed by atoms with Gasteiger partial charge < -0.3 is 10.2 Å². The van der Waals surface area contributed by atoms with Crippen LogP contribution >= 0.6 is 0 Å². The number of nitrogens with zero attached hydrogens (tertiary/aromatic N) is 1. The number of benzene rings is 1. The molecular formula is C19H28N2O2. The molecule has 0 aromatic heterocycles. The van der Waals surface area contributed by atoms with E-state index in [1.54, 1.807) is 11.9 Å². The lowest BCUT2D eigenvalue weighted by molar-refractivity contribution is -0.144. The lowest BCUT2D eigenvalue weighted by Crippen LogP contribution is -2.44. The molecule has 0 saturated heterocycles. The van der Waals surface area contributed by atoms with Gasteiger partial charge in [-0.2, -0.15) is 0 Å². The maximum Gasteiger partial charge on any atom is 0.313 e. The maximum atomic E-state index is 12.4. The Morgan fingerprint density at radius 2 is 1.87 bits per heavy atom. The molecule has 1 atom stereocenters. The van der Waals surface area contributed by atoms with E-state index in [-0.39, 0.29) is 6.04 Å². The second-order valence-corrected chi connectivity index (χ2v) is 6.56. The largest absolute Gasteiger partial charge is 0.335 e. The number of anilines is 1. The second-order valence-electron chi connectivity index (χ2n) is 6.56. The van der Waals surface area contributed by atoms with E-state index in [0.29, 0.717) is 5.92 Å². The fourth-order valence-electron chi connectivity index (χ4n) is 3.23. The zero-order valence-corrected chi connectivity index (χ0v) is 14.5. The number of carbonyl (C=O) groups excluding carboxylic acids is 2. The molecule has 4 nitrogen and oxygen atoms in total. The third kappa shape index (κ3) is 4.34. The summed E-state index contributed by atoms with van der Waals surface area (Å²) in [4.78, 5) is 26.4. The van der Waals surface area contributed by atoms with Crippen molar-refractivity contribution < 1.29 is 9.59 Å². The Hall–Kier alpha value is -1.84. The summed E-state index contributed by atoms with van der Waals surface area (Å²) in [6.45, 7) is 4.24. The summed E-state index contributed by atoms with van der Waals surface area (Å²) in [6, 6.07) is 7.93. The van der Waals surface area contributed by atoms with Crippen LogP contribution < -0.4 is 5.32 Å². The van der Waals surface area contributed by atoms with Gasteiger partial charge in [-0.15, -0.1) is 0 Å². The fourth-order valence-corrected chi connectivity index (χ4v) is 3.23. The zero-order chi connectivity index (χ0) is 16.8. The number of amides is 2. The van der Waals surface area contributed by atoms with Gasteiger partial charge in [0.05, 0.1) is 0 Å². The van der Waals surface area contributed by atoms with Crippen molar-refractivity contribution in [1.29, 1.82) is 0 Å². The number of carbonyl (C=O) groups is 2. The molecule has 1 unspecified atom stereocenters. The van der Waals surface area contributed by atoms with Crippen molar-refractivity contribution in [3.63, 3.8) is 0 Å². The highest BCUT2D eigenvalue weighted by molar-refractivity contribution is 6.39. The van der Waals surface area contributed by atoms with Crippen molar-refractivity contribution in [2.45, 2.75) is 64.3 Å². The van der Waals surface area contributed by atoms with Crippen molar-refractivity contribution in [3.8, 4) is 0 Å². The van der Waals surface area contributed by atoms with Gasteiger partial charge in [0.25, 0.3) is 0 Å². The van der Waals surface area contributed by atoms with Crippen LogP contribution in [0.1, 0.15) is 63.9 Å². The molecule has 1 aliphatic rings. The number of likely N-dealkylation sites (N-methyl/N-ethyl adjacent to an activating group) is 1. The van der Waals surface area contributed by atoms with Crippen LogP contribution in [0.25, 0.3) is 0 Å². The minimum atomic E-state index is -0.533. The molecule has 1 saturated carbocycles. The van der Waals surface area contributed by atoms with E-state index in [4.69, 9.17) is 0 Å². The van der Waals surface area contributed by atoms with Crippen LogP contribution in [0, 0.1) is 0 Å². The average molecular weight is 316 g/mol. The first kappa shape index (κ1) is 17.5. The lowest BCUT2D eigenvalue weighted by atomic mass is 9.94. The molecule has 1 aliphatic carbocycles. The van der Waals surface area contributed by atoms with Crippen molar-refractivity contribution in [2.24, 2.45) is 0 Å². The topological polar surface area (TPSA) is 49.4 Å². The van der Waals surface area contributed by atoms with E-state index in [9.17, 15) is 9.59 Å². The summed E-state index contributed by atoms with van der Waals surface area (Å²) in [5.74, 6) is -0.623. The Balaban J connectivity index is 2.05. The lowest BCUT2D eigenvalue weighted by Gasteiger charge is -2.30. The molecule has 2 amide bonds. The summed E-state index contributed by atoms with van der Waals surface area (Å²) in [7, 11) is 1.75. The number of hydrogen-bond acceptors (Lipinski definition) is 2. The molecule has 1 aromatic rings. The summed E-state index contributed by atoms with van der Waals surface area (Å²) in [5, 5.41) is 2.82. The molecule has 1 aromatic carbocycles. The Labute approximate surface area is 139 Å². The second kappa shape index (κ2) is 8.14. The summed E-state index contributed by atoms with van der Waals surface area (Å²) < 4.78 is 0. The van der Waals surface area contributed by atoms with Gasteiger partial charge in [-0.25, -0.2) is 0 Å². The molecule has 0 aliphatic heterocycles. The Bertz CT molecular complexity index is 550. The molecule has 0 spiro atoms. The quantitative estimate of drug-likeness (QED) is 0.856. The van der Waals surface area contributed by atoms with E-state index >= 15 is 0 Å². The highest BCUT2D eigenvalue weighted by Gasteiger charge is 2.27. The van der Waals surface area contributed by atoms with Crippen LogP contribution in [0.2, 0.25) is 0 Å². The highest BCUT2D eigenvalue weighted by atomic mass is 16.2. The molecule has 4 heteroatoms. The van der Waals surface area contributed by atoms with Gasteiger partial charge in [-0.3, -0.25) is 9.59 Å². The first-order chi connectivity index (χ1) is 11.0. The van der Waals surface area contributed by atoms with Crippen LogP contribution in [-0.2, 0) is 9.59 Å². The molecule has 1 fully saturated rings. The highest BCUT2D eigenvalue weighted by Crippen LogP contribution is 2.27. The summed E-state index contributed by atoms with van der Waals surface area (Å²) >= 11 is 0. The van der Waals surface area contributed by atoms with Gasteiger partial charge in [-0.05, 0) is 36.8 Å². The molecule has 2 rings (SSSR count). The molecule has 0 heterocycles. The van der Waals surface area contributed by atoms with Gasteiger partial charge in [0, 0.05) is 18.8 Å². The monoisotopic (exact) mass is 316 g/mol. The smallest absolute Gasteiger partial charge is 0.313 e. The normalized spacial score (nSPS) is 16.7. The summed E-state index contributed by atoms with van der Waals surface area (Å²) in [5.41, 5.74) is 1.83. The minimum absolute atomic E-state index is 0.201. The first-order valence-corrected chi connectivity index (χ1v) is 8.71. The average Bonchev–Trinajstić information content (AvgIpc) is 2.61. The summed E-state index contributed by atoms with van der Waals surface area (Å²) in [6.07, 6.45) is 6.50. The number of para-hydroxylation sites is 1. The van der Waals surface area contributed by atoms with Gasteiger partial charge in [-0.1, -0.05) is 51.3 Å². The maximum absolute atomic E-state index is 12.4. The van der Waals surface area contributed by atoms with E-state index in [1.165, 1.54) is 6.42 Å². The van der Waals surface area contributed by atoms with E-state index in [2.05, 4.69) is 19.2 Å². The van der Waals surface area contributed by atoms with Crippen molar-refractivity contribution in [2.75, 3.05) is 12.4 Å². The number of nitrogens with one attached hydrogen (secondary N) is 1. The van der Waals surface area contributed by atoms with Crippen molar-refractivity contribution in [3.05, 3.63) is 29.8 Å². The zero-order valence-electron chi connectivity index (χ0n) is 14.5. The predicted molar refractivity (Wildman–Crippen MR) is 93.4 cm³/mol. The third-order valence-corrected chi connectivity index (χ3v) is 4.99. The molecule has 1 N–H and O–H groups in total. The van der Waals surface area contributed by atoms with Crippen molar-refractivity contribution >= 4 is 17.5 Å². The van der Waals surface area contributed by atoms with Gasteiger partial charge >= 0.3 is 11.8 Å². The SMILES string of the molecule is CCC(C)c1ccccc1NC(=O)C(=O)N(C)C1CCCCC1. The Kier molecular flexibility index (Phi) is 6.20. The third-order valence-electron chi connectivity index (χ3n) is 4.99. The van der Waals surface area contributed by atoms with Crippen molar-refractivity contribution in [1.82, 2.24) is 4.90 Å². The van der Waals surface area contributed by atoms with E-state index in [0.717, 1.165) is 43.4 Å². The molecule has 126 valence electrons. The van der Waals surface area contributed by atoms with Crippen LogP contribution in [0.15, 0.2) is 24.3 Å². The molecule has 0 bridgehead atoms. The predicted octanol–water partition coefficient (Wildman–Crippen LogP) is 3.93. The van der Waals surface area contributed by atoms with Gasteiger partial charge in [0.15, 0.2) is 0 Å². The van der Waals surface area contributed by atoms with Gasteiger partial charge in [0.1, 0.15) is 0 Å². The van der Waals surface area contributed by atoms with Crippen LogP contribution in [0.3, 0.4) is 0 Å². The Morgan fingerprint density at radius 1 is 1.22 bits per heavy atom. The molecular weight excluding hydrogens is 288 g/mol.